The topological polar surface area (TPSA) is 49.3 Å². The van der Waals surface area contributed by atoms with E-state index in [4.69, 9.17) is 5.11 Å². The number of carbonyl (C=O) groups is 1. The molecule has 1 heterocycles. The van der Waals surface area contributed by atoms with Crippen molar-refractivity contribution < 1.29 is 9.90 Å². The van der Waals surface area contributed by atoms with Crippen molar-refractivity contribution in [1.29, 1.82) is 0 Å². The molecule has 1 aliphatic heterocycles. The van der Waals surface area contributed by atoms with Gasteiger partial charge in [-0.2, -0.15) is 0 Å². The van der Waals surface area contributed by atoms with Gasteiger partial charge in [-0.1, -0.05) is 23.8 Å². The van der Waals surface area contributed by atoms with Gasteiger partial charge in [-0.15, -0.1) is 0 Å². The van der Waals surface area contributed by atoms with Crippen molar-refractivity contribution in [2.24, 2.45) is 5.92 Å². The molecule has 16 heavy (non-hydrogen) atoms. The summed E-state index contributed by atoms with van der Waals surface area (Å²) in [4.78, 5) is 11.1. The molecule has 3 nitrogen and oxygen atoms in total. The molecule has 2 rings (SSSR count). The van der Waals surface area contributed by atoms with E-state index in [0.29, 0.717) is 6.54 Å². The molecule has 2 atom stereocenters. The summed E-state index contributed by atoms with van der Waals surface area (Å²) < 4.78 is 0. The Kier molecular flexibility index (Phi) is 2.97. The van der Waals surface area contributed by atoms with E-state index in [1.165, 1.54) is 16.7 Å². The number of nitrogens with one attached hydrogen (secondary N) is 1. The maximum Gasteiger partial charge on any atom is 0.308 e. The van der Waals surface area contributed by atoms with Gasteiger partial charge in [-0.05, 0) is 25.0 Å². The van der Waals surface area contributed by atoms with Gasteiger partial charge in [0.05, 0.1) is 5.92 Å². The molecule has 0 aliphatic carbocycles. The first kappa shape index (κ1) is 11.1. The molecule has 1 aliphatic rings. The average Bonchev–Trinajstić information content (AvgIpc) is 2.66. The zero-order chi connectivity index (χ0) is 11.7. The molecule has 1 aromatic carbocycles. The van der Waals surface area contributed by atoms with Crippen LogP contribution in [0.4, 0.5) is 0 Å². The molecule has 86 valence electrons. The normalized spacial score (nSPS) is 24.6. The fourth-order valence-corrected chi connectivity index (χ4v) is 2.51. The van der Waals surface area contributed by atoms with Crippen molar-refractivity contribution in [2.75, 3.05) is 13.1 Å². The highest BCUT2D eigenvalue weighted by molar-refractivity contribution is 5.72. The molecule has 0 radical (unpaired) electrons. The van der Waals surface area contributed by atoms with Crippen LogP contribution >= 0.6 is 0 Å². The highest BCUT2D eigenvalue weighted by Crippen LogP contribution is 2.30. The van der Waals surface area contributed by atoms with Crippen LogP contribution in [0.5, 0.6) is 0 Å². The number of aliphatic carboxylic acids is 1. The Balaban J connectivity index is 2.32. The molecule has 1 fully saturated rings. The predicted molar refractivity (Wildman–Crippen MR) is 62.7 cm³/mol. The predicted octanol–water partition coefficient (Wildman–Crippen LogP) is 1.69. The van der Waals surface area contributed by atoms with Gasteiger partial charge < -0.3 is 10.4 Å². The molecule has 0 bridgehead atoms. The third-order valence-electron chi connectivity index (χ3n) is 3.36. The van der Waals surface area contributed by atoms with E-state index in [-0.39, 0.29) is 11.8 Å². The van der Waals surface area contributed by atoms with Gasteiger partial charge in [0, 0.05) is 19.0 Å². The minimum absolute atomic E-state index is 0.109. The van der Waals surface area contributed by atoms with Gasteiger partial charge in [0.2, 0.25) is 0 Å². The van der Waals surface area contributed by atoms with Crippen molar-refractivity contribution in [3.8, 4) is 0 Å². The lowest BCUT2D eigenvalue weighted by Crippen LogP contribution is -2.21. The van der Waals surface area contributed by atoms with Gasteiger partial charge in [-0.25, -0.2) is 0 Å². The van der Waals surface area contributed by atoms with E-state index in [1.54, 1.807) is 0 Å². The molecule has 0 unspecified atom stereocenters. The number of hydrogen-bond acceptors (Lipinski definition) is 2. The summed E-state index contributed by atoms with van der Waals surface area (Å²) in [5, 5.41) is 12.3. The van der Waals surface area contributed by atoms with Gasteiger partial charge in [0.25, 0.3) is 0 Å². The Morgan fingerprint density at radius 2 is 2.12 bits per heavy atom. The number of carboxylic acids is 1. The lowest BCUT2D eigenvalue weighted by atomic mass is 9.86. The first-order chi connectivity index (χ1) is 7.59. The average molecular weight is 219 g/mol. The van der Waals surface area contributed by atoms with Crippen LogP contribution in [0.2, 0.25) is 0 Å². The van der Waals surface area contributed by atoms with Crippen LogP contribution in [0.25, 0.3) is 0 Å². The van der Waals surface area contributed by atoms with E-state index in [2.05, 4.69) is 37.4 Å². The van der Waals surface area contributed by atoms with Crippen molar-refractivity contribution in [1.82, 2.24) is 5.32 Å². The molecule has 0 aromatic heterocycles. The smallest absolute Gasteiger partial charge is 0.308 e. The highest BCUT2D eigenvalue weighted by atomic mass is 16.4. The molecule has 1 aromatic rings. The van der Waals surface area contributed by atoms with Crippen molar-refractivity contribution in [3.63, 3.8) is 0 Å². The Morgan fingerprint density at radius 3 is 2.75 bits per heavy atom. The van der Waals surface area contributed by atoms with Gasteiger partial charge >= 0.3 is 5.97 Å². The zero-order valence-corrected chi connectivity index (χ0v) is 9.66. The van der Waals surface area contributed by atoms with E-state index >= 15 is 0 Å². The lowest BCUT2D eigenvalue weighted by Gasteiger charge is -2.17. The molecule has 3 heteroatoms. The van der Waals surface area contributed by atoms with E-state index in [0.717, 1.165) is 6.54 Å². The van der Waals surface area contributed by atoms with Crippen LogP contribution in [0, 0.1) is 19.8 Å². The maximum absolute atomic E-state index is 11.1. The van der Waals surface area contributed by atoms with Crippen LogP contribution < -0.4 is 5.32 Å². The summed E-state index contributed by atoms with van der Waals surface area (Å²) >= 11 is 0. The third-order valence-corrected chi connectivity index (χ3v) is 3.36. The van der Waals surface area contributed by atoms with Crippen LogP contribution in [0.1, 0.15) is 22.6 Å². The summed E-state index contributed by atoms with van der Waals surface area (Å²) in [5.41, 5.74) is 3.59. The van der Waals surface area contributed by atoms with Crippen molar-refractivity contribution >= 4 is 5.97 Å². The first-order valence-corrected chi connectivity index (χ1v) is 5.60. The highest BCUT2D eigenvalue weighted by Gasteiger charge is 2.34. The number of hydrogen-bond donors (Lipinski definition) is 2. The van der Waals surface area contributed by atoms with Crippen LogP contribution in [0.15, 0.2) is 18.2 Å². The molecule has 1 saturated heterocycles. The molecule has 0 saturated carbocycles. The third kappa shape index (κ3) is 1.95. The summed E-state index contributed by atoms with van der Waals surface area (Å²) in [7, 11) is 0. The standard InChI is InChI=1S/C13H17NO2/c1-8-3-4-10(9(2)5-8)11-6-14-7-12(11)13(15)16/h3-5,11-12,14H,6-7H2,1-2H3,(H,15,16)/t11-,12+/m0/s1. The molecular formula is C13H17NO2. The Hall–Kier alpha value is -1.35. The van der Waals surface area contributed by atoms with Gasteiger partial charge in [0.15, 0.2) is 0 Å². The fourth-order valence-electron chi connectivity index (χ4n) is 2.51. The number of carboxylic acid groups (broad SMARTS) is 1. The second-order valence-electron chi connectivity index (χ2n) is 4.57. The minimum Gasteiger partial charge on any atom is -0.481 e. The van der Waals surface area contributed by atoms with E-state index < -0.39 is 5.97 Å². The fraction of sp³-hybridized carbons (Fsp3) is 0.462. The molecule has 0 spiro atoms. The number of aryl methyl sites for hydroxylation is 2. The Morgan fingerprint density at radius 1 is 1.38 bits per heavy atom. The largest absolute Gasteiger partial charge is 0.481 e. The van der Waals surface area contributed by atoms with Crippen LogP contribution in [-0.4, -0.2) is 24.2 Å². The zero-order valence-electron chi connectivity index (χ0n) is 9.66. The summed E-state index contributed by atoms with van der Waals surface area (Å²) in [6.45, 7) is 5.45. The van der Waals surface area contributed by atoms with E-state index in [1.807, 2.05) is 0 Å². The molecule has 0 amide bonds. The van der Waals surface area contributed by atoms with Crippen LogP contribution in [0.3, 0.4) is 0 Å². The van der Waals surface area contributed by atoms with E-state index in [9.17, 15) is 4.79 Å². The maximum atomic E-state index is 11.1. The van der Waals surface area contributed by atoms with Gasteiger partial charge in [-0.3, -0.25) is 4.79 Å². The van der Waals surface area contributed by atoms with Crippen molar-refractivity contribution in [3.05, 3.63) is 34.9 Å². The quantitative estimate of drug-likeness (QED) is 0.795. The minimum atomic E-state index is -0.699. The first-order valence-electron chi connectivity index (χ1n) is 5.60. The summed E-state index contributed by atoms with van der Waals surface area (Å²) in [6.07, 6.45) is 0. The second kappa shape index (κ2) is 4.26. The summed E-state index contributed by atoms with van der Waals surface area (Å²) in [5.74, 6) is -0.880. The number of rotatable bonds is 2. The number of benzene rings is 1. The van der Waals surface area contributed by atoms with Crippen molar-refractivity contribution in [2.45, 2.75) is 19.8 Å². The summed E-state index contributed by atoms with van der Waals surface area (Å²) in [6, 6.07) is 6.24. The van der Waals surface area contributed by atoms with Gasteiger partial charge in [0.1, 0.15) is 0 Å². The Bertz CT molecular complexity index is 414. The van der Waals surface area contributed by atoms with Crippen LogP contribution in [-0.2, 0) is 4.79 Å². The Labute approximate surface area is 95.5 Å². The molecular weight excluding hydrogens is 202 g/mol. The SMILES string of the molecule is Cc1ccc([C@@H]2CNC[C@H]2C(=O)O)c(C)c1. The molecule has 2 N–H and O–H groups in total. The lowest BCUT2D eigenvalue weighted by molar-refractivity contribution is -0.141. The second-order valence-corrected chi connectivity index (χ2v) is 4.57. The monoisotopic (exact) mass is 219 g/mol.